The molecule has 3 heteroatoms. The SMILES string of the molecule is CCOc1ccccc1[C@@H](C)N1CCNCC1. The second-order valence-corrected chi connectivity index (χ2v) is 4.43. The summed E-state index contributed by atoms with van der Waals surface area (Å²) in [5.41, 5.74) is 1.30. The van der Waals surface area contributed by atoms with Gasteiger partial charge in [0.2, 0.25) is 0 Å². The van der Waals surface area contributed by atoms with E-state index in [-0.39, 0.29) is 0 Å². The third kappa shape index (κ3) is 2.99. The number of piperazine rings is 1. The fraction of sp³-hybridized carbons (Fsp3) is 0.571. The Morgan fingerprint density at radius 3 is 2.71 bits per heavy atom. The summed E-state index contributed by atoms with van der Waals surface area (Å²) in [5, 5.41) is 3.39. The standard InChI is InChI=1S/C14H22N2O/c1-3-17-14-7-5-4-6-13(14)12(2)16-10-8-15-9-11-16/h4-7,12,15H,3,8-11H2,1-2H3/t12-/m1/s1. The third-order valence-corrected chi connectivity index (χ3v) is 3.37. The first-order valence-electron chi connectivity index (χ1n) is 6.49. The quantitative estimate of drug-likeness (QED) is 0.863. The maximum absolute atomic E-state index is 5.71. The Balaban J connectivity index is 2.14. The van der Waals surface area contributed by atoms with Gasteiger partial charge in [-0.25, -0.2) is 0 Å². The first-order valence-corrected chi connectivity index (χ1v) is 6.49. The molecule has 3 nitrogen and oxygen atoms in total. The van der Waals surface area contributed by atoms with Gasteiger partial charge in [0.1, 0.15) is 5.75 Å². The van der Waals surface area contributed by atoms with Gasteiger partial charge in [-0.15, -0.1) is 0 Å². The van der Waals surface area contributed by atoms with Gasteiger partial charge in [0.25, 0.3) is 0 Å². The van der Waals surface area contributed by atoms with Crippen molar-refractivity contribution in [1.29, 1.82) is 0 Å². The Hall–Kier alpha value is -1.06. The monoisotopic (exact) mass is 234 g/mol. The summed E-state index contributed by atoms with van der Waals surface area (Å²) in [4.78, 5) is 2.51. The molecule has 0 saturated carbocycles. The van der Waals surface area contributed by atoms with Crippen molar-refractivity contribution in [3.05, 3.63) is 29.8 Å². The molecule has 0 radical (unpaired) electrons. The van der Waals surface area contributed by atoms with Crippen LogP contribution in [-0.2, 0) is 0 Å². The van der Waals surface area contributed by atoms with Crippen LogP contribution in [0.1, 0.15) is 25.5 Å². The number of rotatable bonds is 4. The highest BCUT2D eigenvalue weighted by atomic mass is 16.5. The minimum absolute atomic E-state index is 0.430. The normalized spacial score (nSPS) is 18.9. The van der Waals surface area contributed by atoms with Gasteiger partial charge < -0.3 is 10.1 Å². The lowest BCUT2D eigenvalue weighted by Crippen LogP contribution is -2.44. The van der Waals surface area contributed by atoms with Crippen molar-refractivity contribution in [2.45, 2.75) is 19.9 Å². The van der Waals surface area contributed by atoms with E-state index >= 15 is 0 Å². The maximum Gasteiger partial charge on any atom is 0.124 e. The largest absolute Gasteiger partial charge is 0.494 e. The van der Waals surface area contributed by atoms with Crippen LogP contribution in [0.4, 0.5) is 0 Å². The molecule has 1 saturated heterocycles. The Labute approximate surface area is 104 Å². The number of hydrogen-bond acceptors (Lipinski definition) is 3. The summed E-state index contributed by atoms with van der Waals surface area (Å²) >= 11 is 0. The van der Waals surface area contributed by atoms with Gasteiger partial charge in [0.15, 0.2) is 0 Å². The molecule has 0 unspecified atom stereocenters. The van der Waals surface area contributed by atoms with Gasteiger partial charge in [0, 0.05) is 37.8 Å². The van der Waals surface area contributed by atoms with Crippen molar-refractivity contribution in [2.24, 2.45) is 0 Å². The van der Waals surface area contributed by atoms with Crippen LogP contribution in [-0.4, -0.2) is 37.7 Å². The van der Waals surface area contributed by atoms with E-state index in [4.69, 9.17) is 4.74 Å². The lowest BCUT2D eigenvalue weighted by molar-refractivity contribution is 0.181. The van der Waals surface area contributed by atoms with Crippen LogP contribution in [0.5, 0.6) is 5.75 Å². The fourth-order valence-electron chi connectivity index (χ4n) is 2.38. The Morgan fingerprint density at radius 2 is 2.00 bits per heavy atom. The molecular weight excluding hydrogens is 212 g/mol. The van der Waals surface area contributed by atoms with Gasteiger partial charge >= 0.3 is 0 Å². The molecule has 0 spiro atoms. The average molecular weight is 234 g/mol. The van der Waals surface area contributed by atoms with Crippen molar-refractivity contribution in [1.82, 2.24) is 10.2 Å². The van der Waals surface area contributed by atoms with Crippen LogP contribution in [0.2, 0.25) is 0 Å². The van der Waals surface area contributed by atoms with E-state index < -0.39 is 0 Å². The minimum atomic E-state index is 0.430. The van der Waals surface area contributed by atoms with Crippen LogP contribution in [0.25, 0.3) is 0 Å². The first kappa shape index (κ1) is 12.4. The third-order valence-electron chi connectivity index (χ3n) is 3.37. The van der Waals surface area contributed by atoms with Gasteiger partial charge in [0.05, 0.1) is 6.61 Å². The van der Waals surface area contributed by atoms with E-state index in [0.717, 1.165) is 38.5 Å². The average Bonchev–Trinajstić information content (AvgIpc) is 2.40. The van der Waals surface area contributed by atoms with Crippen LogP contribution in [0.3, 0.4) is 0 Å². The molecule has 2 rings (SSSR count). The molecule has 0 amide bonds. The number of ether oxygens (including phenoxy) is 1. The number of nitrogens with zero attached hydrogens (tertiary/aromatic N) is 1. The van der Waals surface area contributed by atoms with Crippen molar-refractivity contribution in [2.75, 3.05) is 32.8 Å². The molecule has 94 valence electrons. The Bertz CT molecular complexity index is 348. The molecule has 1 aliphatic heterocycles. The molecule has 1 aromatic carbocycles. The zero-order valence-electron chi connectivity index (χ0n) is 10.8. The summed E-state index contributed by atoms with van der Waals surface area (Å²) in [7, 11) is 0. The van der Waals surface area contributed by atoms with E-state index in [0.29, 0.717) is 6.04 Å². The predicted octanol–water partition coefficient (Wildman–Crippen LogP) is 2.05. The molecule has 1 atom stereocenters. The number of benzene rings is 1. The van der Waals surface area contributed by atoms with E-state index in [1.54, 1.807) is 0 Å². The second-order valence-electron chi connectivity index (χ2n) is 4.43. The molecule has 1 N–H and O–H groups in total. The Morgan fingerprint density at radius 1 is 1.29 bits per heavy atom. The zero-order valence-corrected chi connectivity index (χ0v) is 10.8. The molecular formula is C14H22N2O. The predicted molar refractivity (Wildman–Crippen MR) is 70.5 cm³/mol. The van der Waals surface area contributed by atoms with Gasteiger partial charge in [-0.1, -0.05) is 18.2 Å². The lowest BCUT2D eigenvalue weighted by atomic mass is 10.1. The molecule has 1 fully saturated rings. The Kier molecular flexibility index (Phi) is 4.40. The smallest absolute Gasteiger partial charge is 0.124 e. The van der Waals surface area contributed by atoms with Gasteiger partial charge in [-0.3, -0.25) is 4.90 Å². The number of hydrogen-bond donors (Lipinski definition) is 1. The lowest BCUT2D eigenvalue weighted by Gasteiger charge is -2.33. The van der Waals surface area contributed by atoms with E-state index in [1.165, 1.54) is 5.56 Å². The summed E-state index contributed by atoms with van der Waals surface area (Å²) in [5.74, 6) is 1.03. The molecule has 0 aromatic heterocycles. The highest BCUT2D eigenvalue weighted by Crippen LogP contribution is 2.29. The molecule has 0 aliphatic carbocycles. The van der Waals surface area contributed by atoms with Crippen LogP contribution in [0.15, 0.2) is 24.3 Å². The van der Waals surface area contributed by atoms with Crippen molar-refractivity contribution < 1.29 is 4.74 Å². The molecule has 0 bridgehead atoms. The highest BCUT2D eigenvalue weighted by molar-refractivity contribution is 5.35. The van der Waals surface area contributed by atoms with Crippen molar-refractivity contribution in [3.8, 4) is 5.75 Å². The van der Waals surface area contributed by atoms with Crippen LogP contribution in [0, 0.1) is 0 Å². The maximum atomic E-state index is 5.71. The first-order chi connectivity index (χ1) is 8.33. The van der Waals surface area contributed by atoms with Crippen LogP contribution < -0.4 is 10.1 Å². The number of para-hydroxylation sites is 1. The topological polar surface area (TPSA) is 24.5 Å². The fourth-order valence-corrected chi connectivity index (χ4v) is 2.38. The molecule has 17 heavy (non-hydrogen) atoms. The highest BCUT2D eigenvalue weighted by Gasteiger charge is 2.20. The zero-order chi connectivity index (χ0) is 12.1. The van der Waals surface area contributed by atoms with E-state index in [9.17, 15) is 0 Å². The van der Waals surface area contributed by atoms with Crippen molar-refractivity contribution in [3.63, 3.8) is 0 Å². The second kappa shape index (κ2) is 6.03. The number of nitrogens with one attached hydrogen (secondary N) is 1. The van der Waals surface area contributed by atoms with Gasteiger partial charge in [-0.2, -0.15) is 0 Å². The van der Waals surface area contributed by atoms with Crippen molar-refractivity contribution >= 4 is 0 Å². The summed E-state index contributed by atoms with van der Waals surface area (Å²) in [6, 6.07) is 8.81. The summed E-state index contributed by atoms with van der Waals surface area (Å²) in [6.45, 7) is 9.42. The minimum Gasteiger partial charge on any atom is -0.494 e. The van der Waals surface area contributed by atoms with E-state index in [1.807, 2.05) is 13.0 Å². The van der Waals surface area contributed by atoms with Crippen LogP contribution >= 0.6 is 0 Å². The summed E-state index contributed by atoms with van der Waals surface area (Å²) < 4.78 is 5.71. The summed E-state index contributed by atoms with van der Waals surface area (Å²) in [6.07, 6.45) is 0. The van der Waals surface area contributed by atoms with Gasteiger partial charge in [-0.05, 0) is 19.9 Å². The van der Waals surface area contributed by atoms with E-state index in [2.05, 4.69) is 35.3 Å². The molecule has 1 heterocycles. The molecule has 1 aliphatic rings. The molecule has 1 aromatic rings.